The third-order valence-electron chi connectivity index (χ3n) is 5.44. The largest absolute Gasteiger partial charge is 0.480 e. The SMILES string of the molecule is COc1nc2c(-c3nnc(-c4ccccc4)o3)cccc2c([C@H]2C=CS(=O)(=O)C2)c1C(N)=O. The van der Waals surface area contributed by atoms with Crippen molar-refractivity contribution in [1.29, 1.82) is 0 Å². The molecule has 1 aliphatic rings. The van der Waals surface area contributed by atoms with Crippen molar-refractivity contribution in [2.45, 2.75) is 5.92 Å². The van der Waals surface area contributed by atoms with Crippen LogP contribution in [0.4, 0.5) is 0 Å². The Kier molecular flexibility index (Phi) is 4.94. The molecule has 0 unspecified atom stereocenters. The zero-order valence-corrected chi connectivity index (χ0v) is 18.2. The van der Waals surface area contributed by atoms with Crippen LogP contribution in [0, 0.1) is 0 Å². The van der Waals surface area contributed by atoms with Crippen molar-refractivity contribution >= 4 is 26.6 Å². The molecule has 1 amide bonds. The summed E-state index contributed by atoms with van der Waals surface area (Å²) in [5, 5.41) is 10.0. The van der Waals surface area contributed by atoms with Gasteiger partial charge in [0.2, 0.25) is 17.7 Å². The molecule has 166 valence electrons. The number of fused-ring (bicyclic) bond motifs is 1. The van der Waals surface area contributed by atoms with E-state index in [1.807, 2.05) is 30.3 Å². The van der Waals surface area contributed by atoms with Crippen molar-refractivity contribution in [3.63, 3.8) is 0 Å². The first-order valence-electron chi connectivity index (χ1n) is 9.98. The van der Waals surface area contributed by atoms with Crippen LogP contribution in [0.15, 0.2) is 64.4 Å². The fourth-order valence-electron chi connectivity index (χ4n) is 4.02. The summed E-state index contributed by atoms with van der Waals surface area (Å²) in [5.74, 6) is -0.968. The number of para-hydroxylation sites is 1. The Hall–Kier alpha value is -4.05. The van der Waals surface area contributed by atoms with E-state index >= 15 is 0 Å². The van der Waals surface area contributed by atoms with Crippen LogP contribution >= 0.6 is 0 Å². The molecule has 9 nitrogen and oxygen atoms in total. The molecule has 0 bridgehead atoms. The number of methoxy groups -OCH3 is 1. The van der Waals surface area contributed by atoms with Crippen LogP contribution in [0.1, 0.15) is 21.8 Å². The molecule has 0 saturated carbocycles. The highest BCUT2D eigenvalue weighted by molar-refractivity contribution is 7.94. The molecule has 2 aromatic heterocycles. The van der Waals surface area contributed by atoms with Gasteiger partial charge in [0, 0.05) is 22.3 Å². The summed E-state index contributed by atoms with van der Waals surface area (Å²) in [5.41, 5.74) is 7.85. The zero-order chi connectivity index (χ0) is 23.2. The molecule has 1 aliphatic heterocycles. The van der Waals surface area contributed by atoms with Gasteiger partial charge in [-0.15, -0.1) is 10.2 Å². The van der Waals surface area contributed by atoms with E-state index in [2.05, 4.69) is 15.2 Å². The standard InChI is InChI=1S/C23H18N4O5S/c1-31-23-18(20(24)28)17(14-10-11-33(29,30)12-14)15-8-5-9-16(19(15)25-23)22-27-26-21(32-22)13-6-3-2-4-7-13/h2-11,14H,12H2,1H3,(H2,24,28)/t14-/m0/s1. The number of carbonyl (C=O) groups is 1. The first-order chi connectivity index (χ1) is 15.9. The third-order valence-corrected chi connectivity index (χ3v) is 6.84. The maximum atomic E-state index is 12.4. The summed E-state index contributed by atoms with van der Waals surface area (Å²) in [7, 11) is -2.03. The number of aromatic nitrogens is 3. The highest BCUT2D eigenvalue weighted by atomic mass is 32.2. The van der Waals surface area contributed by atoms with E-state index in [4.69, 9.17) is 14.9 Å². The molecule has 0 spiro atoms. The Morgan fingerprint density at radius 2 is 1.85 bits per heavy atom. The van der Waals surface area contributed by atoms with Crippen molar-refractivity contribution < 1.29 is 22.4 Å². The molecule has 0 fully saturated rings. The summed E-state index contributed by atoms with van der Waals surface area (Å²) in [6, 6.07) is 14.6. The van der Waals surface area contributed by atoms with E-state index in [1.165, 1.54) is 7.11 Å². The van der Waals surface area contributed by atoms with E-state index in [-0.39, 0.29) is 23.1 Å². The zero-order valence-electron chi connectivity index (χ0n) is 17.4. The number of nitrogens with zero attached hydrogens (tertiary/aromatic N) is 3. The van der Waals surface area contributed by atoms with Gasteiger partial charge in [0.25, 0.3) is 5.91 Å². The Morgan fingerprint density at radius 1 is 1.09 bits per heavy atom. The van der Waals surface area contributed by atoms with Gasteiger partial charge in [-0.2, -0.15) is 0 Å². The summed E-state index contributed by atoms with van der Waals surface area (Å²) >= 11 is 0. The van der Waals surface area contributed by atoms with Gasteiger partial charge in [-0.3, -0.25) is 4.79 Å². The van der Waals surface area contributed by atoms with Gasteiger partial charge in [0.05, 0.1) is 23.9 Å². The van der Waals surface area contributed by atoms with E-state index in [0.29, 0.717) is 27.9 Å². The first-order valence-corrected chi connectivity index (χ1v) is 11.7. The van der Waals surface area contributed by atoms with E-state index < -0.39 is 21.7 Å². The summed E-state index contributed by atoms with van der Waals surface area (Å²) in [4.78, 5) is 16.9. The predicted octanol–water partition coefficient (Wildman–Crippen LogP) is 3.09. The summed E-state index contributed by atoms with van der Waals surface area (Å²) in [6.07, 6.45) is 1.54. The molecule has 0 aliphatic carbocycles. The molecule has 2 aromatic carbocycles. The Labute approximate surface area is 188 Å². The molecule has 10 heteroatoms. The molecule has 2 N–H and O–H groups in total. The second-order valence-electron chi connectivity index (χ2n) is 7.52. The number of hydrogen-bond acceptors (Lipinski definition) is 8. The number of hydrogen-bond donors (Lipinski definition) is 1. The minimum Gasteiger partial charge on any atom is -0.480 e. The van der Waals surface area contributed by atoms with Crippen LogP contribution in [0.5, 0.6) is 5.88 Å². The molecule has 1 atom stereocenters. The lowest BCUT2D eigenvalue weighted by Crippen LogP contribution is -2.19. The normalized spacial score (nSPS) is 16.8. The number of allylic oxidation sites excluding steroid dienone is 1. The van der Waals surface area contributed by atoms with Gasteiger partial charge < -0.3 is 14.9 Å². The van der Waals surface area contributed by atoms with Crippen molar-refractivity contribution in [1.82, 2.24) is 15.2 Å². The highest BCUT2D eigenvalue weighted by Gasteiger charge is 2.31. The quantitative estimate of drug-likeness (QED) is 0.477. The number of primary amides is 1. The van der Waals surface area contributed by atoms with Crippen LogP contribution in [0.2, 0.25) is 0 Å². The lowest BCUT2D eigenvalue weighted by atomic mass is 9.91. The van der Waals surface area contributed by atoms with Gasteiger partial charge in [-0.1, -0.05) is 36.4 Å². The van der Waals surface area contributed by atoms with Crippen molar-refractivity contribution in [3.8, 4) is 28.8 Å². The maximum Gasteiger partial charge on any atom is 0.254 e. The fourth-order valence-corrected chi connectivity index (χ4v) is 5.34. The molecular weight excluding hydrogens is 444 g/mol. The minimum absolute atomic E-state index is 0.00190. The number of amides is 1. The number of nitrogens with two attached hydrogens (primary N) is 1. The second-order valence-corrected chi connectivity index (χ2v) is 9.45. The van der Waals surface area contributed by atoms with E-state index in [1.54, 1.807) is 24.3 Å². The fraction of sp³-hybridized carbons (Fsp3) is 0.130. The summed E-state index contributed by atoms with van der Waals surface area (Å²) < 4.78 is 35.5. The van der Waals surface area contributed by atoms with Crippen LogP contribution in [0.3, 0.4) is 0 Å². The highest BCUT2D eigenvalue weighted by Crippen LogP contribution is 2.40. The monoisotopic (exact) mass is 462 g/mol. The Bertz CT molecular complexity index is 1530. The van der Waals surface area contributed by atoms with Crippen molar-refractivity contribution in [3.05, 3.63) is 71.1 Å². The van der Waals surface area contributed by atoms with Crippen LogP contribution < -0.4 is 10.5 Å². The molecule has 3 heterocycles. The topological polar surface area (TPSA) is 138 Å². The maximum absolute atomic E-state index is 12.4. The summed E-state index contributed by atoms with van der Waals surface area (Å²) in [6.45, 7) is 0. The third kappa shape index (κ3) is 3.64. The smallest absolute Gasteiger partial charge is 0.254 e. The Morgan fingerprint density at radius 3 is 2.52 bits per heavy atom. The molecular formula is C23H18N4O5S. The Balaban J connectivity index is 1.75. The van der Waals surface area contributed by atoms with Gasteiger partial charge in [0.15, 0.2) is 9.84 Å². The molecule has 0 radical (unpaired) electrons. The predicted molar refractivity (Wildman–Crippen MR) is 121 cm³/mol. The second kappa shape index (κ2) is 7.82. The van der Waals surface area contributed by atoms with Crippen LogP contribution in [-0.4, -0.2) is 42.4 Å². The number of benzene rings is 2. The molecule has 33 heavy (non-hydrogen) atoms. The molecule has 0 saturated heterocycles. The van der Waals surface area contributed by atoms with Gasteiger partial charge in [-0.05, 0) is 23.8 Å². The van der Waals surface area contributed by atoms with Crippen molar-refractivity contribution in [2.24, 2.45) is 5.73 Å². The minimum atomic E-state index is -3.40. The van der Waals surface area contributed by atoms with Crippen LogP contribution in [-0.2, 0) is 9.84 Å². The average molecular weight is 462 g/mol. The number of carbonyl (C=O) groups excluding carboxylic acids is 1. The van der Waals surface area contributed by atoms with E-state index in [9.17, 15) is 13.2 Å². The van der Waals surface area contributed by atoms with Gasteiger partial charge >= 0.3 is 0 Å². The number of pyridine rings is 1. The average Bonchev–Trinajstić information content (AvgIpc) is 3.44. The van der Waals surface area contributed by atoms with Gasteiger partial charge in [-0.25, -0.2) is 13.4 Å². The lowest BCUT2D eigenvalue weighted by molar-refractivity contribution is 0.0995. The lowest BCUT2D eigenvalue weighted by Gasteiger charge is -2.18. The van der Waals surface area contributed by atoms with Crippen LogP contribution in [0.25, 0.3) is 33.8 Å². The number of sulfone groups is 1. The molecule has 5 rings (SSSR count). The first kappa shape index (κ1) is 20.8. The van der Waals surface area contributed by atoms with Crippen molar-refractivity contribution in [2.75, 3.05) is 12.9 Å². The number of ether oxygens (including phenoxy) is 1. The molecule has 4 aromatic rings. The van der Waals surface area contributed by atoms with E-state index in [0.717, 1.165) is 11.0 Å². The van der Waals surface area contributed by atoms with Gasteiger partial charge in [0.1, 0.15) is 5.56 Å². The number of rotatable bonds is 5.